The Hall–Kier alpha value is -3.27. The second-order valence-electron chi connectivity index (χ2n) is 6.62. The Morgan fingerprint density at radius 2 is 1.71 bits per heavy atom. The van der Waals surface area contributed by atoms with Gasteiger partial charge in [0.2, 0.25) is 0 Å². The van der Waals surface area contributed by atoms with E-state index in [9.17, 15) is 9.59 Å². The first-order valence-corrected chi connectivity index (χ1v) is 9.24. The highest BCUT2D eigenvalue weighted by atomic mass is 16.1. The summed E-state index contributed by atoms with van der Waals surface area (Å²) < 4.78 is 0. The van der Waals surface area contributed by atoms with E-state index in [4.69, 9.17) is 0 Å². The number of Topliss-reactive ketones (excluding diaryl/α,β-unsaturated/α-hetero) is 1. The summed E-state index contributed by atoms with van der Waals surface area (Å²) in [5.74, 6) is -0.275. The topological polar surface area (TPSA) is 58.5 Å². The van der Waals surface area contributed by atoms with Gasteiger partial charge in [-0.1, -0.05) is 54.1 Å². The minimum absolute atomic E-state index is 0.0669. The predicted octanol–water partition coefficient (Wildman–Crippen LogP) is 5.36. The molecule has 1 atom stereocenters. The van der Waals surface area contributed by atoms with Crippen LogP contribution < -0.4 is 5.32 Å². The highest BCUT2D eigenvalue weighted by molar-refractivity contribution is 6.13. The summed E-state index contributed by atoms with van der Waals surface area (Å²) in [6.45, 7) is 9.03. The molecule has 1 N–H and O–H groups in total. The molecule has 144 valence electrons. The summed E-state index contributed by atoms with van der Waals surface area (Å²) in [5.41, 5.74) is 3.44. The van der Waals surface area contributed by atoms with Crippen molar-refractivity contribution in [3.63, 3.8) is 0 Å². The van der Waals surface area contributed by atoms with Crippen LogP contribution in [0.5, 0.6) is 0 Å². The van der Waals surface area contributed by atoms with Crippen LogP contribution in [0.1, 0.15) is 49.2 Å². The molecule has 0 saturated carbocycles. The van der Waals surface area contributed by atoms with E-state index in [2.05, 4.69) is 16.9 Å². The molecule has 0 aromatic heterocycles. The van der Waals surface area contributed by atoms with Gasteiger partial charge in [-0.2, -0.15) is 0 Å². The molecular weight excluding hydrogens is 348 g/mol. The SMILES string of the molecule is C=CC/C(C)=C(\C=Nc1ccccc1C(=O)NC(C)c1ccccc1)C(C)=O. The van der Waals surface area contributed by atoms with Gasteiger partial charge in [-0.25, -0.2) is 0 Å². The first kappa shape index (κ1) is 21.0. The van der Waals surface area contributed by atoms with E-state index in [0.29, 0.717) is 23.2 Å². The Morgan fingerprint density at radius 1 is 1.07 bits per heavy atom. The number of rotatable bonds is 8. The van der Waals surface area contributed by atoms with Crippen molar-refractivity contribution in [1.29, 1.82) is 0 Å². The monoisotopic (exact) mass is 374 g/mol. The van der Waals surface area contributed by atoms with Crippen LogP contribution in [0.25, 0.3) is 0 Å². The number of ketones is 1. The largest absolute Gasteiger partial charge is 0.345 e. The zero-order valence-corrected chi connectivity index (χ0v) is 16.6. The predicted molar refractivity (Wildman–Crippen MR) is 115 cm³/mol. The molecule has 0 bridgehead atoms. The van der Waals surface area contributed by atoms with Gasteiger partial charge in [0.1, 0.15) is 0 Å². The Morgan fingerprint density at radius 3 is 2.36 bits per heavy atom. The van der Waals surface area contributed by atoms with Crippen LogP contribution in [0.2, 0.25) is 0 Å². The summed E-state index contributed by atoms with van der Waals surface area (Å²) >= 11 is 0. The maximum atomic E-state index is 12.8. The molecule has 4 heteroatoms. The van der Waals surface area contributed by atoms with Crippen molar-refractivity contribution >= 4 is 23.6 Å². The van der Waals surface area contributed by atoms with Gasteiger partial charge in [0.15, 0.2) is 5.78 Å². The normalized spacial score (nSPS) is 13.0. The van der Waals surface area contributed by atoms with Gasteiger partial charge in [-0.15, -0.1) is 6.58 Å². The van der Waals surface area contributed by atoms with E-state index in [0.717, 1.165) is 11.1 Å². The van der Waals surface area contributed by atoms with E-state index in [-0.39, 0.29) is 17.7 Å². The maximum absolute atomic E-state index is 12.8. The van der Waals surface area contributed by atoms with Crippen molar-refractivity contribution in [2.75, 3.05) is 0 Å². The van der Waals surface area contributed by atoms with Gasteiger partial charge in [0.05, 0.1) is 17.3 Å². The van der Waals surface area contributed by atoms with E-state index >= 15 is 0 Å². The fourth-order valence-corrected chi connectivity index (χ4v) is 2.84. The number of benzene rings is 2. The molecular formula is C24H26N2O2. The third-order valence-corrected chi connectivity index (χ3v) is 4.42. The quantitative estimate of drug-likeness (QED) is 0.384. The lowest BCUT2D eigenvalue weighted by atomic mass is 10.0. The number of hydrogen-bond acceptors (Lipinski definition) is 3. The van der Waals surface area contributed by atoms with Gasteiger partial charge in [0, 0.05) is 11.8 Å². The van der Waals surface area contributed by atoms with Crippen LogP contribution in [0.4, 0.5) is 5.69 Å². The molecule has 2 rings (SSSR count). The van der Waals surface area contributed by atoms with E-state index in [1.54, 1.807) is 24.3 Å². The number of nitrogens with zero attached hydrogens (tertiary/aromatic N) is 1. The lowest BCUT2D eigenvalue weighted by Crippen LogP contribution is -2.26. The minimum atomic E-state index is -0.208. The first-order chi connectivity index (χ1) is 13.4. The molecule has 0 saturated heterocycles. The first-order valence-electron chi connectivity index (χ1n) is 9.24. The summed E-state index contributed by atoms with van der Waals surface area (Å²) in [6, 6.07) is 16.7. The van der Waals surface area contributed by atoms with Crippen molar-refractivity contribution in [1.82, 2.24) is 5.32 Å². The summed E-state index contributed by atoms with van der Waals surface area (Å²) in [4.78, 5) is 29.2. The van der Waals surface area contributed by atoms with Crippen LogP contribution >= 0.6 is 0 Å². The number of amides is 1. The Balaban J connectivity index is 2.27. The second-order valence-corrected chi connectivity index (χ2v) is 6.62. The van der Waals surface area contributed by atoms with Crippen LogP contribution in [0, 0.1) is 0 Å². The number of nitrogens with one attached hydrogen (secondary N) is 1. The molecule has 1 unspecified atom stereocenters. The van der Waals surface area contributed by atoms with Gasteiger partial charge in [-0.05, 0) is 44.9 Å². The van der Waals surface area contributed by atoms with Gasteiger partial charge in [-0.3, -0.25) is 14.6 Å². The van der Waals surface area contributed by atoms with Gasteiger partial charge < -0.3 is 5.32 Å². The molecule has 4 nitrogen and oxygen atoms in total. The number of carbonyl (C=O) groups is 2. The summed E-state index contributed by atoms with van der Waals surface area (Å²) in [5, 5.41) is 3.00. The molecule has 0 fully saturated rings. The molecule has 0 heterocycles. The molecule has 0 spiro atoms. The fraction of sp³-hybridized carbons (Fsp3) is 0.208. The average molecular weight is 374 g/mol. The zero-order chi connectivity index (χ0) is 20.5. The van der Waals surface area contributed by atoms with Crippen molar-refractivity contribution in [2.24, 2.45) is 4.99 Å². The highest BCUT2D eigenvalue weighted by Gasteiger charge is 2.14. The minimum Gasteiger partial charge on any atom is -0.345 e. The smallest absolute Gasteiger partial charge is 0.253 e. The number of hydrogen-bond donors (Lipinski definition) is 1. The molecule has 2 aromatic carbocycles. The molecule has 0 aliphatic carbocycles. The third kappa shape index (κ3) is 5.61. The van der Waals surface area contributed by atoms with Crippen molar-refractivity contribution in [3.8, 4) is 0 Å². The third-order valence-electron chi connectivity index (χ3n) is 4.42. The van der Waals surface area contributed by atoms with Crippen LogP contribution in [-0.4, -0.2) is 17.9 Å². The maximum Gasteiger partial charge on any atom is 0.253 e. The second kappa shape index (κ2) is 10.2. The Bertz CT molecular complexity index is 911. The van der Waals surface area contributed by atoms with E-state index < -0.39 is 0 Å². The highest BCUT2D eigenvalue weighted by Crippen LogP contribution is 2.21. The van der Waals surface area contributed by atoms with Gasteiger partial charge >= 0.3 is 0 Å². The molecule has 2 aromatic rings. The fourth-order valence-electron chi connectivity index (χ4n) is 2.84. The number of aliphatic imine (C=N–C) groups is 1. The van der Waals surface area contributed by atoms with E-state index in [1.807, 2.05) is 50.2 Å². The summed E-state index contributed by atoms with van der Waals surface area (Å²) in [6.07, 6.45) is 3.89. The lowest BCUT2D eigenvalue weighted by Gasteiger charge is -2.15. The molecule has 0 aliphatic heterocycles. The van der Waals surface area contributed by atoms with Crippen molar-refractivity contribution < 1.29 is 9.59 Å². The van der Waals surface area contributed by atoms with Crippen LogP contribution in [-0.2, 0) is 4.79 Å². The molecule has 28 heavy (non-hydrogen) atoms. The number of para-hydroxylation sites is 1. The molecule has 0 aliphatic rings. The van der Waals surface area contributed by atoms with Crippen molar-refractivity contribution in [2.45, 2.75) is 33.2 Å². The standard InChI is InChI=1S/C24H26N2O2/c1-5-11-17(2)22(19(4)27)16-25-23-15-10-9-14-21(23)24(28)26-18(3)20-12-7-6-8-13-20/h5-10,12-16,18H,1,11H2,2-4H3,(H,26,28)/b22-17+,25-16?. The van der Waals surface area contributed by atoms with Crippen LogP contribution in [0.3, 0.4) is 0 Å². The van der Waals surface area contributed by atoms with Crippen molar-refractivity contribution in [3.05, 3.63) is 89.5 Å². The zero-order valence-electron chi connectivity index (χ0n) is 16.6. The summed E-state index contributed by atoms with van der Waals surface area (Å²) in [7, 11) is 0. The average Bonchev–Trinajstić information content (AvgIpc) is 2.69. The molecule has 0 radical (unpaired) electrons. The number of allylic oxidation sites excluding steroid dienone is 3. The Labute approximate surface area is 166 Å². The lowest BCUT2D eigenvalue weighted by molar-refractivity contribution is -0.113. The van der Waals surface area contributed by atoms with Crippen LogP contribution in [0.15, 0.2) is 83.4 Å². The number of carbonyl (C=O) groups excluding carboxylic acids is 2. The molecule has 1 amide bonds. The van der Waals surface area contributed by atoms with E-state index in [1.165, 1.54) is 13.1 Å². The Kier molecular flexibility index (Phi) is 7.64. The van der Waals surface area contributed by atoms with Gasteiger partial charge in [0.25, 0.3) is 5.91 Å².